The summed E-state index contributed by atoms with van der Waals surface area (Å²) in [4.78, 5) is 20.3. The molecule has 2 aromatic carbocycles. The minimum absolute atomic E-state index is 0.143. The Morgan fingerprint density at radius 3 is 2.48 bits per heavy atom. The summed E-state index contributed by atoms with van der Waals surface area (Å²) in [6, 6.07) is 17.1. The number of hydrogen-bond donors (Lipinski definition) is 1. The average Bonchev–Trinajstić information content (AvgIpc) is 2.61. The molecule has 0 fully saturated rings. The van der Waals surface area contributed by atoms with Gasteiger partial charge in [0.15, 0.2) is 5.16 Å². The van der Waals surface area contributed by atoms with Crippen LogP contribution in [-0.4, -0.2) is 9.97 Å². The Labute approximate surface area is 164 Å². The summed E-state index contributed by atoms with van der Waals surface area (Å²) in [6.07, 6.45) is 0. The summed E-state index contributed by atoms with van der Waals surface area (Å²) < 4.78 is 0. The largest absolute Gasteiger partial charge is 0.301 e. The molecule has 3 rings (SSSR count). The standard InChI is InChI=1S/C18H14Cl2N2OS2/c19-15-7-6-12(8-16(15)20)10-25-18-21-13(9-17(23)22-18)11-24-14-4-2-1-3-5-14/h1-9H,10-11H2,(H,21,22,23). The van der Waals surface area contributed by atoms with Crippen LogP contribution in [0.5, 0.6) is 0 Å². The van der Waals surface area contributed by atoms with Crippen molar-refractivity contribution in [2.75, 3.05) is 0 Å². The van der Waals surface area contributed by atoms with E-state index in [0.29, 0.717) is 26.7 Å². The SMILES string of the molecule is O=c1cc(CSc2ccccc2)nc(SCc2ccc(Cl)c(Cl)c2)[nH]1. The molecule has 3 nitrogen and oxygen atoms in total. The topological polar surface area (TPSA) is 45.8 Å². The monoisotopic (exact) mass is 408 g/mol. The van der Waals surface area contributed by atoms with Crippen LogP contribution in [0.3, 0.4) is 0 Å². The zero-order valence-corrected chi connectivity index (χ0v) is 16.2. The quantitative estimate of drug-likeness (QED) is 0.421. The maximum atomic E-state index is 11.9. The van der Waals surface area contributed by atoms with E-state index in [-0.39, 0.29) is 5.56 Å². The molecule has 0 radical (unpaired) electrons. The van der Waals surface area contributed by atoms with Gasteiger partial charge in [0.25, 0.3) is 5.56 Å². The number of halogens is 2. The fourth-order valence-corrected chi connectivity index (χ4v) is 4.05. The molecule has 0 atom stereocenters. The smallest absolute Gasteiger partial charge is 0.251 e. The summed E-state index contributed by atoms with van der Waals surface area (Å²) in [5.74, 6) is 1.30. The summed E-state index contributed by atoms with van der Waals surface area (Å²) in [6.45, 7) is 0. The first-order valence-corrected chi connectivity index (χ1v) is 10.2. The lowest BCUT2D eigenvalue weighted by atomic mass is 10.2. The zero-order chi connectivity index (χ0) is 17.6. The van der Waals surface area contributed by atoms with Gasteiger partial charge in [-0.25, -0.2) is 4.98 Å². The molecular weight excluding hydrogens is 395 g/mol. The van der Waals surface area contributed by atoms with E-state index in [0.717, 1.165) is 16.2 Å². The van der Waals surface area contributed by atoms with Crippen LogP contribution in [0.15, 0.2) is 69.4 Å². The summed E-state index contributed by atoms with van der Waals surface area (Å²) in [5, 5.41) is 1.65. The van der Waals surface area contributed by atoms with E-state index in [1.807, 2.05) is 42.5 Å². The molecule has 1 heterocycles. The molecule has 0 saturated heterocycles. The summed E-state index contributed by atoms with van der Waals surface area (Å²) >= 11 is 15.1. The maximum absolute atomic E-state index is 11.9. The summed E-state index contributed by atoms with van der Waals surface area (Å²) in [7, 11) is 0. The van der Waals surface area contributed by atoms with Crippen molar-refractivity contribution in [3.05, 3.63) is 86.3 Å². The number of thioether (sulfide) groups is 2. The third-order valence-corrected chi connectivity index (χ3v) is 5.99. The van der Waals surface area contributed by atoms with E-state index >= 15 is 0 Å². The van der Waals surface area contributed by atoms with Crippen LogP contribution in [0, 0.1) is 0 Å². The number of aromatic nitrogens is 2. The predicted octanol–water partition coefficient (Wildman–Crippen LogP) is 5.66. The third kappa shape index (κ3) is 5.54. The fourth-order valence-electron chi connectivity index (χ4n) is 2.08. The van der Waals surface area contributed by atoms with Crippen molar-refractivity contribution in [3.63, 3.8) is 0 Å². The van der Waals surface area contributed by atoms with Crippen LogP contribution in [0.4, 0.5) is 0 Å². The van der Waals surface area contributed by atoms with Gasteiger partial charge in [0.2, 0.25) is 0 Å². The summed E-state index contributed by atoms with van der Waals surface area (Å²) in [5.41, 5.74) is 1.63. The Morgan fingerprint density at radius 2 is 1.72 bits per heavy atom. The predicted molar refractivity (Wildman–Crippen MR) is 107 cm³/mol. The zero-order valence-electron chi connectivity index (χ0n) is 13.0. The van der Waals surface area contributed by atoms with Crippen LogP contribution in [0.2, 0.25) is 10.0 Å². The van der Waals surface area contributed by atoms with E-state index in [9.17, 15) is 4.79 Å². The Hall–Kier alpha value is -1.40. The van der Waals surface area contributed by atoms with Gasteiger partial charge in [-0.2, -0.15) is 0 Å². The lowest BCUT2D eigenvalue weighted by Crippen LogP contribution is -2.09. The number of nitrogens with one attached hydrogen (secondary N) is 1. The molecular formula is C18H14Cl2N2OS2. The van der Waals surface area contributed by atoms with Gasteiger partial charge in [0, 0.05) is 22.5 Å². The molecule has 0 amide bonds. The van der Waals surface area contributed by atoms with Crippen LogP contribution < -0.4 is 5.56 Å². The molecule has 128 valence electrons. The maximum Gasteiger partial charge on any atom is 0.251 e. The highest BCUT2D eigenvalue weighted by molar-refractivity contribution is 7.98. The Bertz CT molecular complexity index is 916. The van der Waals surface area contributed by atoms with Crippen molar-refractivity contribution >= 4 is 46.7 Å². The van der Waals surface area contributed by atoms with E-state index in [1.54, 1.807) is 23.9 Å². The van der Waals surface area contributed by atoms with Crippen LogP contribution in [0.25, 0.3) is 0 Å². The number of hydrogen-bond acceptors (Lipinski definition) is 4. The number of rotatable bonds is 6. The van der Waals surface area contributed by atoms with Crippen LogP contribution in [0.1, 0.15) is 11.3 Å². The number of aromatic amines is 1. The Morgan fingerprint density at radius 1 is 0.920 bits per heavy atom. The van der Waals surface area contributed by atoms with Gasteiger partial charge < -0.3 is 4.98 Å². The van der Waals surface area contributed by atoms with Crippen molar-refractivity contribution in [1.29, 1.82) is 0 Å². The van der Waals surface area contributed by atoms with Crippen LogP contribution in [-0.2, 0) is 11.5 Å². The molecule has 0 unspecified atom stereocenters. The second-order valence-electron chi connectivity index (χ2n) is 5.18. The highest BCUT2D eigenvalue weighted by atomic mass is 35.5. The second-order valence-corrected chi connectivity index (χ2v) is 8.01. The van der Waals surface area contributed by atoms with Gasteiger partial charge in [-0.1, -0.05) is 59.2 Å². The fraction of sp³-hybridized carbons (Fsp3) is 0.111. The Kier molecular flexibility index (Phi) is 6.48. The molecule has 0 aliphatic heterocycles. The molecule has 0 aliphatic rings. The van der Waals surface area contributed by atoms with Crippen molar-refractivity contribution in [1.82, 2.24) is 9.97 Å². The van der Waals surface area contributed by atoms with Gasteiger partial charge in [0.1, 0.15) is 0 Å². The first-order valence-electron chi connectivity index (χ1n) is 7.45. The van der Waals surface area contributed by atoms with E-state index in [1.165, 1.54) is 11.8 Å². The first-order chi connectivity index (χ1) is 12.1. The molecule has 1 N–H and O–H groups in total. The van der Waals surface area contributed by atoms with Gasteiger partial charge >= 0.3 is 0 Å². The van der Waals surface area contributed by atoms with E-state index in [4.69, 9.17) is 23.2 Å². The number of nitrogens with zero attached hydrogens (tertiary/aromatic N) is 1. The molecule has 25 heavy (non-hydrogen) atoms. The van der Waals surface area contributed by atoms with Crippen LogP contribution >= 0.6 is 46.7 Å². The first kappa shape index (κ1) is 18.4. The normalized spacial score (nSPS) is 10.8. The van der Waals surface area contributed by atoms with Crippen molar-refractivity contribution in [3.8, 4) is 0 Å². The molecule has 0 saturated carbocycles. The lowest BCUT2D eigenvalue weighted by Gasteiger charge is -2.05. The van der Waals surface area contributed by atoms with Crippen molar-refractivity contribution in [2.24, 2.45) is 0 Å². The molecule has 7 heteroatoms. The molecule has 3 aromatic rings. The van der Waals surface area contributed by atoms with E-state index in [2.05, 4.69) is 9.97 Å². The van der Waals surface area contributed by atoms with Gasteiger partial charge in [-0.15, -0.1) is 11.8 Å². The van der Waals surface area contributed by atoms with Gasteiger partial charge in [-0.05, 0) is 29.8 Å². The second kappa shape index (κ2) is 8.81. The molecule has 0 aliphatic carbocycles. The highest BCUT2D eigenvalue weighted by Crippen LogP contribution is 2.27. The lowest BCUT2D eigenvalue weighted by molar-refractivity contribution is 0.899. The molecule has 1 aromatic heterocycles. The Balaban J connectivity index is 1.66. The van der Waals surface area contributed by atoms with Gasteiger partial charge in [-0.3, -0.25) is 4.79 Å². The number of H-pyrrole nitrogens is 1. The number of benzene rings is 2. The average molecular weight is 409 g/mol. The van der Waals surface area contributed by atoms with Gasteiger partial charge in [0.05, 0.1) is 15.7 Å². The molecule has 0 spiro atoms. The third-order valence-electron chi connectivity index (χ3n) is 3.26. The minimum atomic E-state index is -0.143. The highest BCUT2D eigenvalue weighted by Gasteiger charge is 2.05. The van der Waals surface area contributed by atoms with Crippen molar-refractivity contribution in [2.45, 2.75) is 21.6 Å². The van der Waals surface area contributed by atoms with E-state index < -0.39 is 0 Å². The van der Waals surface area contributed by atoms with Crippen molar-refractivity contribution < 1.29 is 0 Å². The minimum Gasteiger partial charge on any atom is -0.301 e. The molecule has 0 bridgehead atoms.